The standard InChI is InChI=1S/C27H21ClN4O3/c1-17-5-4-6-20(13-17)29-25(33)16-31-15-18(22-7-2-3-8-24(22)31)14-23-26(34)32(27(35)30-23)21-11-9-19(28)10-12-21/h2-15H,16H2,1H3,(H,29,33)(H,30,35)/b23-14+. The van der Waals surface area contributed by atoms with Crippen LogP contribution in [0.25, 0.3) is 17.0 Å². The highest BCUT2D eigenvalue weighted by Crippen LogP contribution is 2.27. The van der Waals surface area contributed by atoms with E-state index >= 15 is 0 Å². The van der Waals surface area contributed by atoms with Crippen molar-refractivity contribution in [2.75, 3.05) is 10.2 Å². The molecule has 0 spiro atoms. The third-order valence-electron chi connectivity index (χ3n) is 5.70. The summed E-state index contributed by atoms with van der Waals surface area (Å²) in [5.41, 5.74) is 3.91. The summed E-state index contributed by atoms with van der Waals surface area (Å²) in [6.45, 7) is 2.06. The number of rotatable bonds is 5. The Hall–Kier alpha value is -4.36. The lowest BCUT2D eigenvalue weighted by molar-refractivity contribution is -0.116. The second kappa shape index (κ2) is 9.12. The minimum atomic E-state index is -0.537. The number of imide groups is 1. The maximum Gasteiger partial charge on any atom is 0.333 e. The first kappa shape index (κ1) is 22.4. The second-order valence-corrected chi connectivity index (χ2v) is 8.69. The van der Waals surface area contributed by atoms with Crippen LogP contribution in [0.4, 0.5) is 16.2 Å². The van der Waals surface area contributed by atoms with Gasteiger partial charge in [-0.25, -0.2) is 9.69 Å². The van der Waals surface area contributed by atoms with Crippen molar-refractivity contribution in [1.82, 2.24) is 9.88 Å². The van der Waals surface area contributed by atoms with Crippen molar-refractivity contribution in [2.45, 2.75) is 13.5 Å². The summed E-state index contributed by atoms with van der Waals surface area (Å²) < 4.78 is 1.82. The van der Waals surface area contributed by atoms with E-state index in [4.69, 9.17) is 11.6 Å². The molecule has 0 radical (unpaired) electrons. The molecule has 8 heteroatoms. The number of nitrogens with zero attached hydrogens (tertiary/aromatic N) is 2. The number of benzene rings is 3. The largest absolute Gasteiger partial charge is 0.337 e. The summed E-state index contributed by atoms with van der Waals surface area (Å²) >= 11 is 5.93. The highest BCUT2D eigenvalue weighted by Gasteiger charge is 2.35. The minimum Gasteiger partial charge on any atom is -0.337 e. The molecule has 1 aliphatic rings. The summed E-state index contributed by atoms with van der Waals surface area (Å²) in [4.78, 5) is 39.4. The molecule has 4 amide bonds. The topological polar surface area (TPSA) is 83.4 Å². The number of anilines is 2. The Morgan fingerprint density at radius 3 is 2.57 bits per heavy atom. The Kier molecular flexibility index (Phi) is 5.84. The Morgan fingerprint density at radius 2 is 1.80 bits per heavy atom. The first-order chi connectivity index (χ1) is 16.9. The van der Waals surface area contributed by atoms with Crippen molar-refractivity contribution >= 4 is 57.8 Å². The zero-order valence-corrected chi connectivity index (χ0v) is 19.5. The van der Waals surface area contributed by atoms with Crippen LogP contribution in [0, 0.1) is 6.92 Å². The van der Waals surface area contributed by atoms with E-state index in [0.29, 0.717) is 16.3 Å². The number of hydrogen-bond acceptors (Lipinski definition) is 3. The first-order valence-corrected chi connectivity index (χ1v) is 11.3. The average Bonchev–Trinajstić information content (AvgIpc) is 3.31. The van der Waals surface area contributed by atoms with Crippen molar-refractivity contribution in [3.63, 3.8) is 0 Å². The van der Waals surface area contributed by atoms with Gasteiger partial charge in [-0.05, 0) is 61.0 Å². The van der Waals surface area contributed by atoms with Gasteiger partial charge in [-0.2, -0.15) is 0 Å². The number of aryl methyl sites for hydroxylation is 1. The molecule has 1 aliphatic heterocycles. The van der Waals surface area contributed by atoms with Gasteiger partial charge in [0.15, 0.2) is 0 Å². The Bertz CT molecular complexity index is 1500. The van der Waals surface area contributed by atoms with E-state index < -0.39 is 11.9 Å². The van der Waals surface area contributed by atoms with Gasteiger partial charge in [0.1, 0.15) is 12.2 Å². The van der Waals surface area contributed by atoms with Crippen molar-refractivity contribution < 1.29 is 14.4 Å². The molecule has 0 unspecified atom stereocenters. The molecule has 1 saturated heterocycles. The molecule has 5 rings (SSSR count). The van der Waals surface area contributed by atoms with Gasteiger partial charge in [0.05, 0.1) is 5.69 Å². The Labute approximate surface area is 206 Å². The third kappa shape index (κ3) is 4.54. The van der Waals surface area contributed by atoms with Crippen LogP contribution in [0.3, 0.4) is 0 Å². The van der Waals surface area contributed by atoms with Crippen molar-refractivity contribution in [3.05, 3.63) is 101 Å². The van der Waals surface area contributed by atoms with E-state index in [9.17, 15) is 14.4 Å². The van der Waals surface area contributed by atoms with Gasteiger partial charge < -0.3 is 15.2 Å². The maximum absolute atomic E-state index is 13.0. The maximum atomic E-state index is 13.0. The number of halogens is 1. The van der Waals surface area contributed by atoms with Crippen LogP contribution < -0.4 is 15.5 Å². The van der Waals surface area contributed by atoms with Crippen molar-refractivity contribution in [3.8, 4) is 0 Å². The van der Waals surface area contributed by atoms with E-state index in [1.54, 1.807) is 36.5 Å². The highest BCUT2D eigenvalue weighted by molar-refractivity contribution is 6.31. The smallest absolute Gasteiger partial charge is 0.333 e. The highest BCUT2D eigenvalue weighted by atomic mass is 35.5. The number of hydrogen-bond donors (Lipinski definition) is 2. The lowest BCUT2D eigenvalue weighted by Gasteiger charge is -2.11. The molecule has 0 aliphatic carbocycles. The van der Waals surface area contributed by atoms with E-state index in [1.807, 2.05) is 60.0 Å². The fourth-order valence-corrected chi connectivity index (χ4v) is 4.24. The quantitative estimate of drug-likeness (QED) is 0.296. The lowest BCUT2D eigenvalue weighted by atomic mass is 10.1. The van der Waals surface area contributed by atoms with Gasteiger partial charge >= 0.3 is 6.03 Å². The third-order valence-corrected chi connectivity index (χ3v) is 5.95. The van der Waals surface area contributed by atoms with Crippen LogP contribution in [-0.4, -0.2) is 22.4 Å². The van der Waals surface area contributed by atoms with Crippen molar-refractivity contribution in [2.24, 2.45) is 0 Å². The number of amides is 4. The molecule has 2 N–H and O–H groups in total. The van der Waals surface area contributed by atoms with E-state index in [2.05, 4.69) is 10.6 Å². The summed E-state index contributed by atoms with van der Waals surface area (Å²) in [6, 6.07) is 21.1. The fourth-order valence-electron chi connectivity index (χ4n) is 4.11. The number of para-hydroxylation sites is 1. The van der Waals surface area contributed by atoms with Gasteiger partial charge in [-0.1, -0.05) is 41.9 Å². The molecule has 174 valence electrons. The van der Waals surface area contributed by atoms with Gasteiger partial charge in [0.25, 0.3) is 5.91 Å². The van der Waals surface area contributed by atoms with Crippen LogP contribution in [0.2, 0.25) is 5.02 Å². The van der Waals surface area contributed by atoms with Gasteiger partial charge in [-0.3, -0.25) is 9.59 Å². The zero-order chi connectivity index (χ0) is 24.5. The molecular weight excluding hydrogens is 464 g/mol. The molecule has 0 bridgehead atoms. The molecular formula is C27H21ClN4O3. The molecule has 1 aromatic heterocycles. The van der Waals surface area contributed by atoms with Crippen LogP contribution in [-0.2, 0) is 16.1 Å². The van der Waals surface area contributed by atoms with E-state index in [-0.39, 0.29) is 18.1 Å². The van der Waals surface area contributed by atoms with E-state index in [1.165, 1.54) is 0 Å². The summed E-state index contributed by atoms with van der Waals surface area (Å²) in [5, 5.41) is 6.93. The van der Waals surface area contributed by atoms with Crippen molar-refractivity contribution in [1.29, 1.82) is 0 Å². The van der Waals surface area contributed by atoms with Crippen LogP contribution in [0.5, 0.6) is 0 Å². The fraction of sp³-hybridized carbons (Fsp3) is 0.0741. The summed E-state index contributed by atoms with van der Waals surface area (Å²) in [7, 11) is 0. The molecule has 35 heavy (non-hydrogen) atoms. The molecule has 0 atom stereocenters. The Morgan fingerprint density at radius 1 is 1.03 bits per heavy atom. The van der Waals surface area contributed by atoms with E-state index in [0.717, 1.165) is 27.1 Å². The number of nitrogens with one attached hydrogen (secondary N) is 2. The Balaban J connectivity index is 1.43. The molecule has 3 aromatic carbocycles. The minimum absolute atomic E-state index is 0.0921. The average molecular weight is 485 g/mol. The number of fused-ring (bicyclic) bond motifs is 1. The number of carbonyl (C=O) groups excluding carboxylic acids is 3. The first-order valence-electron chi connectivity index (χ1n) is 11.0. The van der Waals surface area contributed by atoms with Crippen LogP contribution >= 0.6 is 11.6 Å². The van der Waals surface area contributed by atoms with Crippen LogP contribution in [0.1, 0.15) is 11.1 Å². The number of aromatic nitrogens is 1. The van der Waals surface area contributed by atoms with Gasteiger partial charge in [0.2, 0.25) is 5.91 Å². The second-order valence-electron chi connectivity index (χ2n) is 8.25. The predicted octanol–water partition coefficient (Wildman–Crippen LogP) is 5.34. The molecule has 7 nitrogen and oxygen atoms in total. The zero-order valence-electron chi connectivity index (χ0n) is 18.8. The monoisotopic (exact) mass is 484 g/mol. The lowest BCUT2D eigenvalue weighted by Crippen LogP contribution is -2.30. The molecule has 2 heterocycles. The van der Waals surface area contributed by atoms with Crippen LogP contribution in [0.15, 0.2) is 84.7 Å². The number of urea groups is 1. The van der Waals surface area contributed by atoms with Gasteiger partial charge in [0, 0.05) is 33.4 Å². The molecule has 0 saturated carbocycles. The summed E-state index contributed by atoms with van der Waals surface area (Å²) in [5.74, 6) is -0.638. The number of carbonyl (C=O) groups is 3. The molecule has 1 fully saturated rings. The predicted molar refractivity (Wildman–Crippen MR) is 137 cm³/mol. The summed E-state index contributed by atoms with van der Waals surface area (Å²) in [6.07, 6.45) is 3.44. The normalized spacial score (nSPS) is 14.6. The van der Waals surface area contributed by atoms with Gasteiger partial charge in [-0.15, -0.1) is 0 Å². The SMILES string of the molecule is Cc1cccc(NC(=O)Cn2cc(/C=C3/NC(=O)N(c4ccc(Cl)cc4)C3=O)c3ccccc32)c1. The molecule has 4 aromatic rings.